The zero-order chi connectivity index (χ0) is 16.7. The van der Waals surface area contributed by atoms with Crippen molar-refractivity contribution in [3.8, 4) is 22.4 Å². The Morgan fingerprint density at radius 3 is 2.54 bits per heavy atom. The van der Waals surface area contributed by atoms with Crippen molar-refractivity contribution in [2.45, 2.75) is 13.8 Å². The Morgan fingerprint density at radius 2 is 1.75 bits per heavy atom. The van der Waals surface area contributed by atoms with E-state index in [2.05, 4.69) is 54.1 Å². The van der Waals surface area contributed by atoms with Gasteiger partial charge in [0.25, 0.3) is 0 Å². The van der Waals surface area contributed by atoms with Crippen LogP contribution in [0.3, 0.4) is 0 Å². The molecule has 3 nitrogen and oxygen atoms in total. The Kier molecular flexibility index (Phi) is 3.35. The van der Waals surface area contributed by atoms with E-state index in [0.29, 0.717) is 0 Å². The van der Waals surface area contributed by atoms with Gasteiger partial charge in [-0.25, -0.2) is 0 Å². The van der Waals surface area contributed by atoms with E-state index in [1.54, 1.807) is 0 Å². The van der Waals surface area contributed by atoms with Gasteiger partial charge in [0.15, 0.2) is 0 Å². The van der Waals surface area contributed by atoms with Crippen LogP contribution in [0.2, 0.25) is 0 Å². The molecule has 0 saturated carbocycles. The molecule has 24 heavy (non-hydrogen) atoms. The van der Waals surface area contributed by atoms with Gasteiger partial charge in [0.1, 0.15) is 0 Å². The van der Waals surface area contributed by atoms with Gasteiger partial charge < -0.3 is 10.7 Å². The van der Waals surface area contributed by atoms with E-state index in [9.17, 15) is 0 Å². The number of nitrogens with two attached hydrogens (primary N) is 1. The number of nitrogens with zero attached hydrogens (tertiary/aromatic N) is 1. The zero-order valence-corrected chi connectivity index (χ0v) is 13.8. The second kappa shape index (κ2) is 5.53. The Labute approximate surface area is 141 Å². The van der Waals surface area contributed by atoms with Crippen LogP contribution in [-0.2, 0) is 0 Å². The Balaban J connectivity index is 1.83. The van der Waals surface area contributed by atoms with Gasteiger partial charge in [-0.2, -0.15) is 0 Å². The molecular formula is C21H19N3. The van der Waals surface area contributed by atoms with Gasteiger partial charge in [0.2, 0.25) is 0 Å². The van der Waals surface area contributed by atoms with E-state index in [4.69, 9.17) is 5.73 Å². The highest BCUT2D eigenvalue weighted by molar-refractivity contribution is 5.90. The van der Waals surface area contributed by atoms with Gasteiger partial charge >= 0.3 is 0 Å². The first-order chi connectivity index (χ1) is 11.6. The highest BCUT2D eigenvalue weighted by Crippen LogP contribution is 2.31. The standard InChI is InChI=1S/C21H19N3/c1-13-7-8-23-12-19(13)21-11-16-10-15(3-6-20(16)24-21)18-5-4-17(22)9-14(18)2/h3-12,24H,22H2,1-2H3. The van der Waals surface area contributed by atoms with Crippen molar-refractivity contribution in [2.75, 3.05) is 5.73 Å². The molecule has 0 saturated heterocycles. The molecule has 4 aromatic rings. The summed E-state index contributed by atoms with van der Waals surface area (Å²) in [5.41, 5.74) is 14.9. The van der Waals surface area contributed by atoms with Crippen molar-refractivity contribution >= 4 is 16.6 Å². The summed E-state index contributed by atoms with van der Waals surface area (Å²) in [6, 6.07) is 16.8. The number of hydrogen-bond acceptors (Lipinski definition) is 2. The van der Waals surface area contributed by atoms with Crippen molar-refractivity contribution < 1.29 is 0 Å². The first-order valence-corrected chi connectivity index (χ1v) is 8.02. The average Bonchev–Trinajstić information content (AvgIpc) is 2.98. The molecule has 0 radical (unpaired) electrons. The number of anilines is 1. The number of fused-ring (bicyclic) bond motifs is 1. The lowest BCUT2D eigenvalue weighted by molar-refractivity contribution is 1.27. The second-order valence-electron chi connectivity index (χ2n) is 6.25. The Hall–Kier alpha value is -3.07. The minimum atomic E-state index is 0.799. The fourth-order valence-electron chi connectivity index (χ4n) is 3.20. The summed E-state index contributed by atoms with van der Waals surface area (Å²) < 4.78 is 0. The van der Waals surface area contributed by atoms with Gasteiger partial charge in [0, 0.05) is 40.2 Å². The fraction of sp³-hybridized carbons (Fsp3) is 0.0952. The van der Waals surface area contributed by atoms with Crippen molar-refractivity contribution in [3.05, 3.63) is 72.1 Å². The van der Waals surface area contributed by atoms with Crippen molar-refractivity contribution in [2.24, 2.45) is 0 Å². The number of H-pyrrole nitrogens is 1. The van der Waals surface area contributed by atoms with E-state index in [-0.39, 0.29) is 0 Å². The molecule has 0 atom stereocenters. The first kappa shape index (κ1) is 14.5. The molecule has 0 spiro atoms. The van der Waals surface area contributed by atoms with Crippen LogP contribution in [0.15, 0.2) is 60.9 Å². The molecule has 118 valence electrons. The summed E-state index contributed by atoms with van der Waals surface area (Å²) in [6.07, 6.45) is 3.73. The van der Waals surface area contributed by atoms with E-state index >= 15 is 0 Å². The predicted molar refractivity (Wildman–Crippen MR) is 101 cm³/mol. The van der Waals surface area contributed by atoms with Crippen LogP contribution in [0.1, 0.15) is 11.1 Å². The number of hydrogen-bond donors (Lipinski definition) is 2. The number of benzene rings is 2. The highest BCUT2D eigenvalue weighted by atomic mass is 14.7. The Morgan fingerprint density at radius 1 is 0.875 bits per heavy atom. The summed E-state index contributed by atoms with van der Waals surface area (Å²) in [5.74, 6) is 0. The van der Waals surface area contributed by atoms with Gasteiger partial charge in [-0.3, -0.25) is 4.98 Å². The maximum atomic E-state index is 5.87. The van der Waals surface area contributed by atoms with Crippen LogP contribution in [0.4, 0.5) is 5.69 Å². The molecule has 0 fully saturated rings. The monoisotopic (exact) mass is 313 g/mol. The molecular weight excluding hydrogens is 294 g/mol. The van der Waals surface area contributed by atoms with Crippen LogP contribution in [-0.4, -0.2) is 9.97 Å². The predicted octanol–water partition coefficient (Wildman–Crippen LogP) is 5.10. The lowest BCUT2D eigenvalue weighted by atomic mass is 9.99. The molecule has 0 aliphatic heterocycles. The third-order valence-electron chi connectivity index (χ3n) is 4.51. The third kappa shape index (κ3) is 2.44. The minimum Gasteiger partial charge on any atom is -0.399 e. The second-order valence-corrected chi connectivity index (χ2v) is 6.25. The molecule has 2 heterocycles. The van der Waals surface area contributed by atoms with E-state index in [1.807, 2.05) is 30.6 Å². The first-order valence-electron chi connectivity index (χ1n) is 8.02. The summed E-state index contributed by atoms with van der Waals surface area (Å²) in [7, 11) is 0. The maximum absolute atomic E-state index is 5.87. The zero-order valence-electron chi connectivity index (χ0n) is 13.8. The largest absolute Gasteiger partial charge is 0.399 e. The number of rotatable bonds is 2. The van der Waals surface area contributed by atoms with Gasteiger partial charge in [0.05, 0.1) is 0 Å². The molecule has 2 aromatic carbocycles. The van der Waals surface area contributed by atoms with Crippen molar-refractivity contribution in [1.29, 1.82) is 0 Å². The van der Waals surface area contributed by atoms with Crippen LogP contribution in [0.25, 0.3) is 33.3 Å². The number of aryl methyl sites for hydroxylation is 2. The SMILES string of the molecule is Cc1cc(N)ccc1-c1ccc2[nH]c(-c3cnccc3C)cc2c1. The van der Waals surface area contributed by atoms with Crippen molar-refractivity contribution in [3.63, 3.8) is 0 Å². The quantitative estimate of drug-likeness (QED) is 0.506. The van der Waals surface area contributed by atoms with Gasteiger partial charge in [-0.05, 0) is 72.5 Å². The van der Waals surface area contributed by atoms with E-state index < -0.39 is 0 Å². The molecule has 0 aliphatic carbocycles. The van der Waals surface area contributed by atoms with Gasteiger partial charge in [-0.1, -0.05) is 12.1 Å². The lowest BCUT2D eigenvalue weighted by Gasteiger charge is -2.07. The number of nitrogens with one attached hydrogen (secondary N) is 1. The third-order valence-corrected chi connectivity index (χ3v) is 4.51. The van der Waals surface area contributed by atoms with Crippen LogP contribution >= 0.6 is 0 Å². The van der Waals surface area contributed by atoms with Crippen LogP contribution in [0.5, 0.6) is 0 Å². The number of nitrogen functional groups attached to an aromatic ring is 1. The molecule has 4 rings (SSSR count). The van der Waals surface area contributed by atoms with Crippen LogP contribution < -0.4 is 5.73 Å². The number of aromatic nitrogens is 2. The lowest BCUT2D eigenvalue weighted by Crippen LogP contribution is -1.88. The summed E-state index contributed by atoms with van der Waals surface area (Å²) in [6.45, 7) is 4.20. The topological polar surface area (TPSA) is 54.7 Å². The van der Waals surface area contributed by atoms with Gasteiger partial charge in [-0.15, -0.1) is 0 Å². The average molecular weight is 313 g/mol. The Bertz CT molecular complexity index is 1040. The molecule has 3 N–H and O–H groups in total. The minimum absolute atomic E-state index is 0.799. The maximum Gasteiger partial charge on any atom is 0.0483 e. The molecule has 2 aromatic heterocycles. The van der Waals surface area contributed by atoms with Crippen LogP contribution in [0, 0.1) is 13.8 Å². The van der Waals surface area contributed by atoms with Crippen molar-refractivity contribution in [1.82, 2.24) is 9.97 Å². The smallest absolute Gasteiger partial charge is 0.0483 e. The summed E-state index contributed by atoms with van der Waals surface area (Å²) >= 11 is 0. The van der Waals surface area contributed by atoms with E-state index in [1.165, 1.54) is 27.6 Å². The summed E-state index contributed by atoms with van der Waals surface area (Å²) in [4.78, 5) is 7.74. The molecule has 0 unspecified atom stereocenters. The highest BCUT2D eigenvalue weighted by Gasteiger charge is 2.08. The number of pyridine rings is 1. The molecule has 0 bridgehead atoms. The fourth-order valence-corrected chi connectivity index (χ4v) is 3.20. The normalized spacial score (nSPS) is 11.1. The summed E-state index contributed by atoms with van der Waals surface area (Å²) in [5, 5.41) is 1.20. The molecule has 0 amide bonds. The molecule has 0 aliphatic rings. The number of aromatic amines is 1. The van der Waals surface area contributed by atoms with E-state index in [0.717, 1.165) is 22.5 Å². The molecule has 3 heteroatoms.